The molecule has 3 heteroatoms. The second-order valence-corrected chi connectivity index (χ2v) is 4.85. The summed E-state index contributed by atoms with van der Waals surface area (Å²) in [6.07, 6.45) is 2.56. The van der Waals surface area contributed by atoms with Gasteiger partial charge < -0.3 is 10.1 Å². The molecule has 0 aliphatic heterocycles. The lowest BCUT2D eigenvalue weighted by atomic mass is 10.1. The molecule has 0 fully saturated rings. The molecule has 1 N–H and O–H groups in total. The minimum absolute atomic E-state index is 0.220. The number of halogens is 1. The van der Waals surface area contributed by atoms with Crippen molar-refractivity contribution < 1.29 is 9.13 Å². The predicted molar refractivity (Wildman–Crippen MR) is 83.8 cm³/mol. The van der Waals surface area contributed by atoms with Crippen molar-refractivity contribution in [2.45, 2.75) is 19.6 Å². The van der Waals surface area contributed by atoms with E-state index >= 15 is 0 Å². The van der Waals surface area contributed by atoms with E-state index in [2.05, 4.69) is 11.9 Å². The Kier molecular flexibility index (Phi) is 5.52. The summed E-state index contributed by atoms with van der Waals surface area (Å²) in [6.45, 7) is 4.67. The van der Waals surface area contributed by atoms with Gasteiger partial charge in [-0.25, -0.2) is 4.39 Å². The Morgan fingerprint density at radius 3 is 2.76 bits per heavy atom. The minimum Gasteiger partial charge on any atom is -0.489 e. The lowest BCUT2D eigenvalue weighted by molar-refractivity contribution is 0.297. The molecule has 2 rings (SSSR count). The van der Waals surface area contributed by atoms with Gasteiger partial charge in [0, 0.05) is 12.1 Å². The Hall–Kier alpha value is -2.13. The molecule has 0 spiro atoms. The molecule has 2 nitrogen and oxygen atoms in total. The topological polar surface area (TPSA) is 21.3 Å². The van der Waals surface area contributed by atoms with Crippen LogP contribution in [-0.4, -0.2) is 7.05 Å². The normalized spacial score (nSPS) is 10.4. The van der Waals surface area contributed by atoms with Gasteiger partial charge in [0.05, 0.1) is 0 Å². The monoisotopic (exact) mass is 285 g/mol. The third kappa shape index (κ3) is 4.17. The Morgan fingerprint density at radius 1 is 1.19 bits per heavy atom. The molecule has 21 heavy (non-hydrogen) atoms. The van der Waals surface area contributed by atoms with Crippen molar-refractivity contribution in [2.75, 3.05) is 7.05 Å². The average molecular weight is 285 g/mol. The average Bonchev–Trinajstić information content (AvgIpc) is 2.50. The highest BCUT2D eigenvalue weighted by Gasteiger charge is 2.06. The summed E-state index contributed by atoms with van der Waals surface area (Å²) >= 11 is 0. The fraction of sp³-hybridized carbons (Fsp3) is 0.222. The summed E-state index contributed by atoms with van der Waals surface area (Å²) in [6, 6.07) is 12.9. The molecular weight excluding hydrogens is 265 g/mol. The maximum atomic E-state index is 13.8. The molecule has 0 unspecified atom stereocenters. The van der Waals surface area contributed by atoms with Crippen LogP contribution in [-0.2, 0) is 19.6 Å². The SMILES string of the molecule is C=CCc1ccccc1OCc1cc(CNC)ccc1F. The number of allylic oxidation sites excluding steroid dienone is 1. The van der Waals surface area contributed by atoms with Crippen LogP contribution in [0, 0.1) is 5.82 Å². The van der Waals surface area contributed by atoms with E-state index in [-0.39, 0.29) is 12.4 Å². The summed E-state index contributed by atoms with van der Waals surface area (Å²) in [4.78, 5) is 0. The van der Waals surface area contributed by atoms with Crippen LogP contribution in [0.4, 0.5) is 4.39 Å². The third-order valence-electron chi connectivity index (χ3n) is 3.21. The Morgan fingerprint density at radius 2 is 2.00 bits per heavy atom. The highest BCUT2D eigenvalue weighted by atomic mass is 19.1. The van der Waals surface area contributed by atoms with Crippen LogP contribution in [0.3, 0.4) is 0 Å². The van der Waals surface area contributed by atoms with Gasteiger partial charge in [-0.2, -0.15) is 0 Å². The van der Waals surface area contributed by atoms with Gasteiger partial charge in [-0.15, -0.1) is 6.58 Å². The molecule has 0 heterocycles. The largest absolute Gasteiger partial charge is 0.489 e. The maximum Gasteiger partial charge on any atom is 0.129 e. The standard InChI is InChI=1S/C18H20FNO/c1-3-6-15-7-4-5-8-18(15)21-13-16-11-14(12-20-2)9-10-17(16)19/h3-5,7-11,20H,1,6,12-13H2,2H3. The fourth-order valence-corrected chi connectivity index (χ4v) is 2.18. The number of nitrogens with one attached hydrogen (secondary N) is 1. The van der Waals surface area contributed by atoms with Gasteiger partial charge in [-0.3, -0.25) is 0 Å². The van der Waals surface area contributed by atoms with E-state index < -0.39 is 0 Å². The first-order valence-electron chi connectivity index (χ1n) is 6.98. The van der Waals surface area contributed by atoms with Crippen LogP contribution >= 0.6 is 0 Å². The molecule has 0 saturated carbocycles. The molecule has 2 aromatic rings. The lowest BCUT2D eigenvalue weighted by Crippen LogP contribution is -2.07. The van der Waals surface area contributed by atoms with Crippen molar-refractivity contribution in [2.24, 2.45) is 0 Å². The summed E-state index contributed by atoms with van der Waals surface area (Å²) in [5, 5.41) is 3.06. The van der Waals surface area contributed by atoms with Crippen LogP contribution in [0.1, 0.15) is 16.7 Å². The Bertz CT molecular complexity index is 610. The van der Waals surface area contributed by atoms with E-state index in [1.165, 1.54) is 6.07 Å². The van der Waals surface area contributed by atoms with Crippen molar-refractivity contribution in [1.82, 2.24) is 5.32 Å². The first kappa shape index (κ1) is 15.3. The quantitative estimate of drug-likeness (QED) is 0.780. The molecule has 0 bridgehead atoms. The molecule has 0 aliphatic carbocycles. The van der Waals surface area contributed by atoms with Crippen LogP contribution in [0.15, 0.2) is 55.1 Å². The number of hydrogen-bond donors (Lipinski definition) is 1. The molecule has 0 amide bonds. The summed E-state index contributed by atoms with van der Waals surface area (Å²) in [5.41, 5.74) is 2.66. The zero-order valence-electron chi connectivity index (χ0n) is 12.2. The van der Waals surface area contributed by atoms with Crippen molar-refractivity contribution in [3.63, 3.8) is 0 Å². The van der Waals surface area contributed by atoms with Crippen LogP contribution < -0.4 is 10.1 Å². The molecule has 0 aliphatic rings. The van der Waals surface area contributed by atoms with Crippen molar-refractivity contribution >= 4 is 0 Å². The van der Waals surface area contributed by atoms with Crippen LogP contribution in [0.25, 0.3) is 0 Å². The number of benzene rings is 2. The van der Waals surface area contributed by atoms with Gasteiger partial charge in [0.25, 0.3) is 0 Å². The van der Waals surface area contributed by atoms with Crippen molar-refractivity contribution in [3.8, 4) is 5.75 Å². The van der Waals surface area contributed by atoms with Gasteiger partial charge in [0.2, 0.25) is 0 Å². The molecule has 0 radical (unpaired) electrons. The summed E-state index contributed by atoms with van der Waals surface area (Å²) in [7, 11) is 1.87. The van der Waals surface area contributed by atoms with Crippen LogP contribution in [0.5, 0.6) is 5.75 Å². The lowest BCUT2D eigenvalue weighted by Gasteiger charge is -2.12. The van der Waals surface area contributed by atoms with E-state index in [4.69, 9.17) is 4.74 Å². The maximum absolute atomic E-state index is 13.8. The Balaban J connectivity index is 2.12. The van der Waals surface area contributed by atoms with Gasteiger partial charge in [0.15, 0.2) is 0 Å². The molecule has 0 saturated heterocycles. The Labute approximate surface area is 125 Å². The van der Waals surface area contributed by atoms with Gasteiger partial charge >= 0.3 is 0 Å². The highest BCUT2D eigenvalue weighted by Crippen LogP contribution is 2.21. The van der Waals surface area contributed by atoms with E-state index in [0.29, 0.717) is 12.1 Å². The summed E-state index contributed by atoms with van der Waals surface area (Å²) in [5.74, 6) is 0.534. The second-order valence-electron chi connectivity index (χ2n) is 4.85. The van der Waals surface area contributed by atoms with Gasteiger partial charge in [0.1, 0.15) is 18.2 Å². The number of rotatable bonds is 7. The molecule has 110 valence electrons. The predicted octanol–water partition coefficient (Wildman–Crippen LogP) is 3.85. The number of hydrogen-bond acceptors (Lipinski definition) is 2. The smallest absolute Gasteiger partial charge is 0.129 e. The minimum atomic E-state index is -0.240. The fourth-order valence-electron chi connectivity index (χ4n) is 2.18. The zero-order chi connectivity index (χ0) is 15.1. The van der Waals surface area contributed by atoms with Gasteiger partial charge in [-0.1, -0.05) is 30.3 Å². The van der Waals surface area contributed by atoms with E-state index in [9.17, 15) is 4.39 Å². The van der Waals surface area contributed by atoms with Crippen LogP contribution in [0.2, 0.25) is 0 Å². The third-order valence-corrected chi connectivity index (χ3v) is 3.21. The van der Waals surface area contributed by atoms with Gasteiger partial charge in [-0.05, 0) is 42.8 Å². The second kappa shape index (κ2) is 7.60. The van der Waals surface area contributed by atoms with Crippen molar-refractivity contribution in [3.05, 3.63) is 77.6 Å². The highest BCUT2D eigenvalue weighted by molar-refractivity contribution is 5.35. The molecule has 0 aromatic heterocycles. The molecule has 0 atom stereocenters. The zero-order valence-corrected chi connectivity index (χ0v) is 12.2. The molecular formula is C18H20FNO. The van der Waals surface area contributed by atoms with E-state index in [0.717, 1.165) is 23.3 Å². The van der Waals surface area contributed by atoms with E-state index in [1.54, 1.807) is 6.07 Å². The van der Waals surface area contributed by atoms with Crippen molar-refractivity contribution in [1.29, 1.82) is 0 Å². The number of para-hydroxylation sites is 1. The van der Waals surface area contributed by atoms with E-state index in [1.807, 2.05) is 43.5 Å². The summed E-state index contributed by atoms with van der Waals surface area (Å²) < 4.78 is 19.6. The number of ether oxygens (including phenoxy) is 1. The molecule has 2 aromatic carbocycles. The first-order chi connectivity index (χ1) is 10.2. The first-order valence-corrected chi connectivity index (χ1v) is 6.98.